The van der Waals surface area contributed by atoms with Crippen LogP contribution in [0.25, 0.3) is 10.9 Å². The maximum atomic E-state index is 13.3. The maximum Gasteiger partial charge on any atom is 0.277 e. The summed E-state index contributed by atoms with van der Waals surface area (Å²) in [5.41, 5.74) is 2.66. The van der Waals surface area contributed by atoms with E-state index in [1.54, 1.807) is 18.3 Å². The number of amides is 1. The predicted octanol–water partition coefficient (Wildman–Crippen LogP) is 3.21. The highest BCUT2D eigenvalue weighted by Crippen LogP contribution is 2.20. The summed E-state index contributed by atoms with van der Waals surface area (Å²) < 4.78 is 16.7. The zero-order valence-corrected chi connectivity index (χ0v) is 14.1. The molecule has 0 spiro atoms. The predicted molar refractivity (Wildman–Crippen MR) is 96.4 cm³/mol. The summed E-state index contributed by atoms with van der Waals surface area (Å²) in [4.78, 5) is 12.4. The van der Waals surface area contributed by atoms with Gasteiger partial charge in [-0.1, -0.05) is 23.4 Å². The minimum Gasteiger partial charge on any atom is -0.350 e. The molecule has 0 saturated heterocycles. The van der Waals surface area contributed by atoms with Crippen molar-refractivity contribution in [1.82, 2.24) is 19.6 Å². The van der Waals surface area contributed by atoms with E-state index < -0.39 is 0 Å². The highest BCUT2D eigenvalue weighted by atomic mass is 19.1. The number of carbonyl (C=O) groups excluding carboxylic acids is 1. The molecule has 2 aromatic carbocycles. The Morgan fingerprint density at radius 2 is 2.08 bits per heavy atom. The Labute approximate surface area is 148 Å². The van der Waals surface area contributed by atoms with Crippen LogP contribution in [-0.4, -0.2) is 25.5 Å². The van der Waals surface area contributed by atoms with Crippen LogP contribution in [0.4, 0.5) is 10.1 Å². The number of fused-ring (bicyclic) bond motifs is 1. The quantitative estimate of drug-likeness (QED) is 0.615. The molecule has 0 atom stereocenters. The third-order valence-corrected chi connectivity index (χ3v) is 4.15. The van der Waals surface area contributed by atoms with Gasteiger partial charge in [0.05, 0.1) is 12.7 Å². The molecule has 1 N–H and O–H groups in total. The third-order valence-electron chi connectivity index (χ3n) is 4.15. The van der Waals surface area contributed by atoms with E-state index >= 15 is 0 Å². The van der Waals surface area contributed by atoms with E-state index in [9.17, 15) is 9.18 Å². The van der Waals surface area contributed by atoms with E-state index in [0.717, 1.165) is 16.5 Å². The third kappa shape index (κ3) is 3.19. The molecule has 6 nitrogen and oxygen atoms in total. The number of nitrogens with zero attached hydrogens (tertiary/aromatic N) is 4. The Morgan fingerprint density at radius 1 is 1.19 bits per heavy atom. The van der Waals surface area contributed by atoms with Crippen molar-refractivity contribution in [3.63, 3.8) is 0 Å². The first-order valence-electron chi connectivity index (χ1n) is 8.09. The van der Waals surface area contributed by atoms with Gasteiger partial charge in [0.1, 0.15) is 5.82 Å². The van der Waals surface area contributed by atoms with E-state index in [0.29, 0.717) is 12.2 Å². The first-order chi connectivity index (χ1) is 12.6. The van der Waals surface area contributed by atoms with Gasteiger partial charge in [-0.3, -0.25) is 4.79 Å². The average molecular weight is 349 g/mol. The molecule has 0 bridgehead atoms. The van der Waals surface area contributed by atoms with Crippen LogP contribution in [0.2, 0.25) is 0 Å². The normalized spacial score (nSPS) is 11.0. The number of nitrogens with one attached hydrogen (secondary N) is 1. The lowest BCUT2D eigenvalue weighted by Crippen LogP contribution is -2.12. The van der Waals surface area contributed by atoms with E-state index in [2.05, 4.69) is 15.6 Å². The van der Waals surface area contributed by atoms with Gasteiger partial charge in [0.15, 0.2) is 5.69 Å². The fraction of sp³-hybridized carbons (Fsp3) is 0.105. The second-order valence-electron chi connectivity index (χ2n) is 6.09. The highest BCUT2D eigenvalue weighted by Gasteiger charge is 2.12. The second-order valence-corrected chi connectivity index (χ2v) is 6.09. The highest BCUT2D eigenvalue weighted by molar-refractivity contribution is 6.03. The first-order valence-corrected chi connectivity index (χ1v) is 8.09. The van der Waals surface area contributed by atoms with Crippen molar-refractivity contribution in [2.24, 2.45) is 7.05 Å². The van der Waals surface area contributed by atoms with Gasteiger partial charge in [0.2, 0.25) is 0 Å². The zero-order chi connectivity index (χ0) is 18.1. The molecule has 130 valence electrons. The monoisotopic (exact) mass is 349 g/mol. The largest absolute Gasteiger partial charge is 0.350 e. The van der Waals surface area contributed by atoms with Crippen molar-refractivity contribution in [2.45, 2.75) is 6.54 Å². The van der Waals surface area contributed by atoms with Crippen LogP contribution in [0.3, 0.4) is 0 Å². The number of aromatic nitrogens is 4. The van der Waals surface area contributed by atoms with E-state index in [1.165, 1.54) is 16.8 Å². The smallest absolute Gasteiger partial charge is 0.277 e. The molecule has 0 fully saturated rings. The fourth-order valence-electron chi connectivity index (χ4n) is 2.84. The molecule has 0 aliphatic carbocycles. The summed E-state index contributed by atoms with van der Waals surface area (Å²) in [5.74, 6) is -0.652. The van der Waals surface area contributed by atoms with Crippen LogP contribution in [-0.2, 0) is 13.6 Å². The van der Waals surface area contributed by atoms with E-state index in [4.69, 9.17) is 0 Å². The number of benzene rings is 2. The number of anilines is 1. The minimum atomic E-state index is -0.343. The van der Waals surface area contributed by atoms with Gasteiger partial charge in [-0.05, 0) is 41.3 Å². The van der Waals surface area contributed by atoms with Gasteiger partial charge in [0, 0.05) is 24.4 Å². The number of carbonyl (C=O) groups is 1. The zero-order valence-electron chi connectivity index (χ0n) is 14.1. The summed E-state index contributed by atoms with van der Waals surface area (Å²) in [6.07, 6.45) is 3.51. The minimum absolute atomic E-state index is 0.202. The van der Waals surface area contributed by atoms with Crippen LogP contribution in [0.15, 0.2) is 60.9 Å². The molecule has 4 rings (SSSR count). The number of hydrogen-bond donors (Lipinski definition) is 1. The fourth-order valence-corrected chi connectivity index (χ4v) is 2.84. The lowest BCUT2D eigenvalue weighted by molar-refractivity contribution is 0.102. The molecule has 1 amide bonds. The van der Waals surface area contributed by atoms with Crippen LogP contribution >= 0.6 is 0 Å². The van der Waals surface area contributed by atoms with Gasteiger partial charge >= 0.3 is 0 Å². The van der Waals surface area contributed by atoms with Crippen LogP contribution in [0.1, 0.15) is 16.1 Å². The lowest BCUT2D eigenvalue weighted by atomic mass is 10.2. The van der Waals surface area contributed by atoms with Crippen molar-refractivity contribution < 1.29 is 9.18 Å². The molecular weight excluding hydrogens is 333 g/mol. The molecule has 0 saturated carbocycles. The Morgan fingerprint density at radius 3 is 2.92 bits per heavy atom. The van der Waals surface area contributed by atoms with Gasteiger partial charge < -0.3 is 9.88 Å². The first kappa shape index (κ1) is 16.0. The van der Waals surface area contributed by atoms with Gasteiger partial charge in [0.25, 0.3) is 5.91 Å². The van der Waals surface area contributed by atoms with Crippen LogP contribution < -0.4 is 5.32 Å². The molecule has 26 heavy (non-hydrogen) atoms. The molecule has 2 heterocycles. The van der Waals surface area contributed by atoms with Crippen molar-refractivity contribution in [3.8, 4) is 0 Å². The Bertz CT molecular complexity index is 1100. The summed E-state index contributed by atoms with van der Waals surface area (Å²) >= 11 is 0. The van der Waals surface area contributed by atoms with Crippen LogP contribution in [0, 0.1) is 5.82 Å². The van der Waals surface area contributed by atoms with Crippen molar-refractivity contribution >= 4 is 22.5 Å². The molecule has 0 radical (unpaired) electrons. The topological polar surface area (TPSA) is 64.7 Å². The Hall–Kier alpha value is -3.48. The molecule has 0 aliphatic rings. The molecule has 2 aromatic heterocycles. The lowest BCUT2D eigenvalue weighted by Gasteiger charge is -2.04. The number of aryl methyl sites for hydroxylation is 1. The summed E-state index contributed by atoms with van der Waals surface area (Å²) in [6, 6.07) is 13.9. The Kier molecular flexibility index (Phi) is 3.96. The molecule has 4 aromatic rings. The molecule has 0 aliphatic heterocycles. The van der Waals surface area contributed by atoms with Crippen molar-refractivity contribution in [1.29, 1.82) is 0 Å². The van der Waals surface area contributed by atoms with Crippen LogP contribution in [0.5, 0.6) is 0 Å². The van der Waals surface area contributed by atoms with E-state index in [1.807, 2.05) is 42.1 Å². The molecular formula is C19H16FN5O. The average Bonchev–Trinajstić information content (AvgIpc) is 3.22. The second kappa shape index (κ2) is 6.44. The summed E-state index contributed by atoms with van der Waals surface area (Å²) in [7, 11) is 1.95. The number of rotatable bonds is 4. The van der Waals surface area contributed by atoms with Gasteiger partial charge in [-0.15, -0.1) is 5.10 Å². The molecule has 7 heteroatoms. The van der Waals surface area contributed by atoms with Crippen molar-refractivity contribution in [3.05, 3.63) is 78.0 Å². The molecule has 0 unspecified atom stereocenters. The standard InChI is InChI=1S/C19H16FN5O/c1-24-8-7-14-5-6-16(10-18(14)24)21-19(26)17-12-25(23-22-17)11-13-3-2-4-15(20)9-13/h2-10,12H,11H2,1H3,(H,21,26). The Balaban J connectivity index is 1.49. The van der Waals surface area contributed by atoms with Gasteiger partial charge in [-0.25, -0.2) is 9.07 Å². The summed E-state index contributed by atoms with van der Waals surface area (Å²) in [6.45, 7) is 0.341. The maximum absolute atomic E-state index is 13.3. The SMILES string of the molecule is Cn1ccc2ccc(NC(=O)c3cn(Cc4cccc(F)c4)nn3)cc21. The van der Waals surface area contributed by atoms with Gasteiger partial charge in [-0.2, -0.15) is 0 Å². The number of halogens is 1. The van der Waals surface area contributed by atoms with Crippen molar-refractivity contribution in [2.75, 3.05) is 5.32 Å². The number of hydrogen-bond acceptors (Lipinski definition) is 3. The summed E-state index contributed by atoms with van der Waals surface area (Å²) in [5, 5.41) is 11.8. The van der Waals surface area contributed by atoms with E-state index in [-0.39, 0.29) is 17.4 Å².